The van der Waals surface area contributed by atoms with Crippen LogP contribution in [0.25, 0.3) is 10.9 Å². The van der Waals surface area contributed by atoms with Gasteiger partial charge in [0.2, 0.25) is 0 Å². The molecule has 1 aromatic carbocycles. The predicted molar refractivity (Wildman–Crippen MR) is 61.8 cm³/mol. The Labute approximate surface area is 102 Å². The molecule has 2 heterocycles. The van der Waals surface area contributed by atoms with Gasteiger partial charge < -0.3 is 15.4 Å². The minimum absolute atomic E-state index is 0.159. The van der Waals surface area contributed by atoms with Gasteiger partial charge >= 0.3 is 6.09 Å². The molecule has 1 aliphatic heterocycles. The van der Waals surface area contributed by atoms with E-state index in [0.29, 0.717) is 5.52 Å². The number of carbonyl (C=O) groups is 1. The Morgan fingerprint density at radius 1 is 1.50 bits per heavy atom. The van der Waals surface area contributed by atoms with Gasteiger partial charge in [-0.1, -0.05) is 6.07 Å². The van der Waals surface area contributed by atoms with Gasteiger partial charge in [-0.2, -0.15) is 0 Å². The zero-order valence-corrected chi connectivity index (χ0v) is 9.46. The summed E-state index contributed by atoms with van der Waals surface area (Å²) in [7, 11) is 0. The lowest BCUT2D eigenvalue weighted by molar-refractivity contribution is 0.120. The van der Waals surface area contributed by atoms with Gasteiger partial charge in [0, 0.05) is 5.39 Å². The second kappa shape index (κ2) is 4.19. The Balaban J connectivity index is 1.69. The number of carbonyl (C=O) groups excluding carboxylic acids is 1. The van der Waals surface area contributed by atoms with Crippen LogP contribution in [0.2, 0.25) is 0 Å². The number of aryl methyl sites for hydroxylation is 1. The molecule has 0 bridgehead atoms. The summed E-state index contributed by atoms with van der Waals surface area (Å²) in [4.78, 5) is 16.2. The maximum Gasteiger partial charge on any atom is 0.427 e. The van der Waals surface area contributed by atoms with Crippen molar-refractivity contribution >= 4 is 17.0 Å². The molecule has 1 atom stereocenters. The minimum atomic E-state index is -0.447. The lowest BCUT2D eigenvalue weighted by Gasteiger charge is -2.07. The molecule has 1 saturated heterocycles. The fraction of sp³-hybridized carbons (Fsp3) is 0.273. The monoisotopic (exact) mass is 248 g/mol. The standard InChI is InChI=1S/C11H12N4O3/c16-11-13-10(14-18-11)4-2-7-1-3-9-8(5-7)6-12-15(9)17/h1,3,5-6,10,14,17H,2,4H2,(H,13,16). The van der Waals surface area contributed by atoms with E-state index >= 15 is 0 Å². The average molecular weight is 248 g/mol. The summed E-state index contributed by atoms with van der Waals surface area (Å²) < 4.78 is 0. The highest BCUT2D eigenvalue weighted by Gasteiger charge is 2.21. The first-order valence-electron chi connectivity index (χ1n) is 5.61. The molecule has 3 rings (SSSR count). The number of rotatable bonds is 3. The summed E-state index contributed by atoms with van der Waals surface area (Å²) >= 11 is 0. The summed E-state index contributed by atoms with van der Waals surface area (Å²) in [5.74, 6) is 0. The molecule has 1 amide bonds. The van der Waals surface area contributed by atoms with Crippen LogP contribution in [0.1, 0.15) is 12.0 Å². The van der Waals surface area contributed by atoms with E-state index in [-0.39, 0.29) is 6.17 Å². The fourth-order valence-electron chi connectivity index (χ4n) is 1.99. The van der Waals surface area contributed by atoms with E-state index in [0.717, 1.165) is 28.6 Å². The molecule has 1 aliphatic rings. The molecule has 7 heteroatoms. The van der Waals surface area contributed by atoms with Gasteiger partial charge in [-0.25, -0.2) is 4.79 Å². The number of aromatic nitrogens is 2. The smallest absolute Gasteiger partial charge is 0.411 e. The van der Waals surface area contributed by atoms with Gasteiger partial charge in [0.05, 0.1) is 6.20 Å². The lowest BCUT2D eigenvalue weighted by atomic mass is 10.1. The summed E-state index contributed by atoms with van der Waals surface area (Å²) in [6.45, 7) is 0. The highest BCUT2D eigenvalue weighted by atomic mass is 16.7. The molecule has 2 aromatic rings. The zero-order valence-electron chi connectivity index (χ0n) is 9.46. The Hall–Kier alpha value is -2.28. The van der Waals surface area contributed by atoms with E-state index in [4.69, 9.17) is 0 Å². The van der Waals surface area contributed by atoms with Crippen molar-refractivity contribution in [1.29, 1.82) is 0 Å². The quantitative estimate of drug-likeness (QED) is 0.698. The highest BCUT2D eigenvalue weighted by Crippen LogP contribution is 2.16. The third-order valence-electron chi connectivity index (χ3n) is 2.92. The van der Waals surface area contributed by atoms with Gasteiger partial charge in [0.15, 0.2) is 0 Å². The lowest BCUT2D eigenvalue weighted by Crippen LogP contribution is -2.31. The maximum absolute atomic E-state index is 10.8. The third-order valence-corrected chi connectivity index (χ3v) is 2.92. The van der Waals surface area contributed by atoms with Crippen molar-refractivity contribution in [3.05, 3.63) is 30.0 Å². The molecule has 0 radical (unpaired) electrons. The Kier molecular flexibility index (Phi) is 2.52. The van der Waals surface area contributed by atoms with Crippen LogP contribution < -0.4 is 10.8 Å². The number of hydrogen-bond donors (Lipinski definition) is 3. The van der Waals surface area contributed by atoms with Crippen LogP contribution in [0.3, 0.4) is 0 Å². The predicted octanol–water partition coefficient (Wildman–Crippen LogP) is 0.777. The Bertz CT molecular complexity index is 595. The van der Waals surface area contributed by atoms with Gasteiger partial charge in [0.25, 0.3) is 0 Å². The van der Waals surface area contributed by atoms with Crippen molar-refractivity contribution in [2.24, 2.45) is 0 Å². The van der Waals surface area contributed by atoms with Gasteiger partial charge in [-0.15, -0.1) is 15.4 Å². The third kappa shape index (κ3) is 1.95. The van der Waals surface area contributed by atoms with E-state index < -0.39 is 6.09 Å². The molecule has 1 aromatic heterocycles. The van der Waals surface area contributed by atoms with Crippen LogP contribution in [0, 0.1) is 0 Å². The highest BCUT2D eigenvalue weighted by molar-refractivity contribution is 5.78. The number of hydrogen-bond acceptors (Lipinski definition) is 5. The number of benzene rings is 1. The Morgan fingerprint density at radius 3 is 3.17 bits per heavy atom. The number of hydroxylamine groups is 1. The van der Waals surface area contributed by atoms with E-state index in [2.05, 4.69) is 20.7 Å². The number of amides is 1. The summed E-state index contributed by atoms with van der Waals surface area (Å²) in [6.07, 6.45) is 2.52. The van der Waals surface area contributed by atoms with Crippen molar-refractivity contribution in [3.8, 4) is 0 Å². The molecule has 18 heavy (non-hydrogen) atoms. The van der Waals surface area contributed by atoms with E-state index in [1.54, 1.807) is 6.20 Å². The largest absolute Gasteiger partial charge is 0.427 e. The van der Waals surface area contributed by atoms with Crippen LogP contribution in [0.4, 0.5) is 4.79 Å². The number of nitrogens with one attached hydrogen (secondary N) is 2. The molecule has 3 N–H and O–H groups in total. The van der Waals surface area contributed by atoms with Crippen LogP contribution in [0.15, 0.2) is 24.4 Å². The molecular formula is C11H12N4O3. The summed E-state index contributed by atoms with van der Waals surface area (Å²) in [5.41, 5.74) is 4.39. The molecule has 1 unspecified atom stereocenters. The van der Waals surface area contributed by atoms with Crippen molar-refractivity contribution < 1.29 is 14.8 Å². The molecule has 1 fully saturated rings. The van der Waals surface area contributed by atoms with Crippen LogP contribution >= 0.6 is 0 Å². The van der Waals surface area contributed by atoms with Gasteiger partial charge in [-0.3, -0.25) is 0 Å². The first kappa shape index (κ1) is 10.8. The molecule has 0 saturated carbocycles. The average Bonchev–Trinajstić information content (AvgIpc) is 2.94. The van der Waals surface area contributed by atoms with Crippen molar-refractivity contribution in [1.82, 2.24) is 20.7 Å². The van der Waals surface area contributed by atoms with Crippen LogP contribution in [-0.4, -0.2) is 27.4 Å². The van der Waals surface area contributed by atoms with E-state index in [1.807, 2.05) is 18.2 Å². The van der Waals surface area contributed by atoms with Crippen molar-refractivity contribution in [3.63, 3.8) is 0 Å². The first-order valence-corrected chi connectivity index (χ1v) is 5.61. The van der Waals surface area contributed by atoms with Gasteiger partial charge in [-0.05, 0) is 30.5 Å². The summed E-state index contributed by atoms with van der Waals surface area (Å²) in [5, 5.41) is 16.7. The molecule has 0 aliphatic carbocycles. The fourth-order valence-corrected chi connectivity index (χ4v) is 1.99. The Morgan fingerprint density at radius 2 is 2.39 bits per heavy atom. The second-order valence-corrected chi connectivity index (χ2v) is 4.17. The van der Waals surface area contributed by atoms with Crippen LogP contribution in [-0.2, 0) is 11.3 Å². The maximum atomic E-state index is 10.8. The minimum Gasteiger partial charge on any atom is -0.411 e. The van der Waals surface area contributed by atoms with Gasteiger partial charge in [0.1, 0.15) is 11.7 Å². The SMILES string of the molecule is O=C1NC(CCc2ccc3c(cnn3O)c2)NO1. The molecule has 94 valence electrons. The number of fused-ring (bicyclic) bond motifs is 1. The van der Waals surface area contributed by atoms with Crippen LogP contribution in [0.5, 0.6) is 0 Å². The molecular weight excluding hydrogens is 236 g/mol. The molecule has 7 nitrogen and oxygen atoms in total. The normalized spacial score (nSPS) is 18.9. The topological polar surface area (TPSA) is 88.4 Å². The van der Waals surface area contributed by atoms with Crippen molar-refractivity contribution in [2.45, 2.75) is 19.0 Å². The number of nitrogens with zero attached hydrogens (tertiary/aromatic N) is 2. The first-order chi connectivity index (χ1) is 8.72. The zero-order chi connectivity index (χ0) is 12.5. The van der Waals surface area contributed by atoms with E-state index in [1.165, 1.54) is 0 Å². The second-order valence-electron chi connectivity index (χ2n) is 4.17. The summed E-state index contributed by atoms with van der Waals surface area (Å²) in [6, 6.07) is 5.70. The molecule has 0 spiro atoms. The van der Waals surface area contributed by atoms with E-state index in [9.17, 15) is 10.0 Å². The van der Waals surface area contributed by atoms with Crippen molar-refractivity contribution in [2.75, 3.05) is 0 Å².